The van der Waals surface area contributed by atoms with Gasteiger partial charge in [0.2, 0.25) is 5.91 Å². The number of likely N-dealkylation sites (tertiary alicyclic amines) is 1. The molecule has 3 heterocycles. The number of fused-ring (bicyclic) bond motifs is 1. The summed E-state index contributed by atoms with van der Waals surface area (Å²) < 4.78 is 5.68. The normalized spacial score (nSPS) is 21.0. The molecule has 2 saturated heterocycles. The summed E-state index contributed by atoms with van der Waals surface area (Å²) in [6, 6.07) is 17.3. The van der Waals surface area contributed by atoms with Crippen molar-refractivity contribution in [3.05, 3.63) is 77.6 Å². The standard InChI is InChI=1S/C29H34N2O2/c1-22-7-9-26(10-8-22)29(13-18-33-19-14-29)28(32)31-16-3-4-23(12-17-31)20-24-5-2-6-25-21-30-15-11-27(24)25/h2,5-11,15,21,23H,3-4,12-14,16-20H2,1H3. The van der Waals surface area contributed by atoms with Gasteiger partial charge in [0.05, 0.1) is 5.41 Å². The first-order valence-electron chi connectivity index (χ1n) is 12.4. The molecule has 0 bridgehead atoms. The molecular formula is C29H34N2O2. The number of ether oxygens (including phenoxy) is 1. The Hall–Kier alpha value is -2.72. The number of pyridine rings is 1. The van der Waals surface area contributed by atoms with Crippen LogP contribution in [0, 0.1) is 12.8 Å². The molecule has 3 aromatic rings. The third-order valence-corrected chi connectivity index (χ3v) is 7.77. The maximum atomic E-state index is 14.0. The largest absolute Gasteiger partial charge is 0.381 e. The fourth-order valence-corrected chi connectivity index (χ4v) is 5.77. The van der Waals surface area contributed by atoms with Crippen LogP contribution in [0.1, 0.15) is 48.8 Å². The molecule has 1 aromatic heterocycles. The van der Waals surface area contributed by atoms with E-state index < -0.39 is 5.41 Å². The fraction of sp³-hybridized carbons (Fsp3) is 0.448. The lowest BCUT2D eigenvalue weighted by molar-refractivity contribution is -0.141. The molecular weight excluding hydrogens is 408 g/mol. The lowest BCUT2D eigenvalue weighted by Crippen LogP contribution is -2.50. The van der Waals surface area contributed by atoms with Crippen molar-refractivity contribution in [1.82, 2.24) is 9.88 Å². The number of carbonyl (C=O) groups excluding carboxylic acids is 1. The number of nitrogens with zero attached hydrogens (tertiary/aromatic N) is 2. The van der Waals surface area contributed by atoms with Gasteiger partial charge in [-0.3, -0.25) is 9.78 Å². The van der Waals surface area contributed by atoms with Crippen molar-refractivity contribution in [2.24, 2.45) is 5.92 Å². The first-order chi connectivity index (χ1) is 16.2. The molecule has 0 N–H and O–H groups in total. The van der Waals surface area contributed by atoms with E-state index in [0.29, 0.717) is 25.0 Å². The van der Waals surface area contributed by atoms with Gasteiger partial charge in [0.15, 0.2) is 0 Å². The Kier molecular flexibility index (Phi) is 6.45. The highest BCUT2D eigenvalue weighted by atomic mass is 16.5. The maximum absolute atomic E-state index is 14.0. The molecule has 33 heavy (non-hydrogen) atoms. The van der Waals surface area contributed by atoms with Gasteiger partial charge in [0, 0.05) is 44.1 Å². The quantitative estimate of drug-likeness (QED) is 0.539. The van der Waals surface area contributed by atoms with Crippen molar-refractivity contribution in [2.75, 3.05) is 26.3 Å². The maximum Gasteiger partial charge on any atom is 0.233 e. The van der Waals surface area contributed by atoms with Crippen LogP contribution >= 0.6 is 0 Å². The van der Waals surface area contributed by atoms with Gasteiger partial charge in [-0.1, -0.05) is 48.0 Å². The van der Waals surface area contributed by atoms with Crippen molar-refractivity contribution in [2.45, 2.75) is 50.9 Å². The molecule has 1 unspecified atom stereocenters. The molecule has 0 saturated carbocycles. The van der Waals surface area contributed by atoms with Crippen LogP contribution in [0.25, 0.3) is 10.8 Å². The lowest BCUT2D eigenvalue weighted by atomic mass is 9.72. The summed E-state index contributed by atoms with van der Waals surface area (Å²) in [4.78, 5) is 20.5. The van der Waals surface area contributed by atoms with Crippen LogP contribution in [0.15, 0.2) is 60.9 Å². The summed E-state index contributed by atoms with van der Waals surface area (Å²) in [6.07, 6.45) is 9.77. The first-order valence-corrected chi connectivity index (χ1v) is 12.4. The SMILES string of the molecule is Cc1ccc(C2(C(=O)N3CCCC(Cc4cccc5cnccc45)CC3)CCOCC2)cc1. The number of benzene rings is 2. The second-order valence-corrected chi connectivity index (χ2v) is 9.87. The van der Waals surface area contributed by atoms with Crippen LogP contribution in [0.2, 0.25) is 0 Å². The number of hydrogen-bond acceptors (Lipinski definition) is 3. The fourth-order valence-electron chi connectivity index (χ4n) is 5.77. The summed E-state index contributed by atoms with van der Waals surface area (Å²) in [5, 5.41) is 2.52. The molecule has 1 atom stereocenters. The summed E-state index contributed by atoms with van der Waals surface area (Å²) in [5.41, 5.74) is 3.36. The molecule has 2 aromatic carbocycles. The van der Waals surface area contributed by atoms with E-state index in [-0.39, 0.29) is 0 Å². The van der Waals surface area contributed by atoms with Crippen LogP contribution in [-0.4, -0.2) is 42.1 Å². The smallest absolute Gasteiger partial charge is 0.233 e. The van der Waals surface area contributed by atoms with E-state index >= 15 is 0 Å². The second kappa shape index (κ2) is 9.64. The molecule has 2 aliphatic heterocycles. The number of carbonyl (C=O) groups is 1. The van der Waals surface area contributed by atoms with Crippen molar-refractivity contribution < 1.29 is 9.53 Å². The van der Waals surface area contributed by atoms with E-state index in [1.165, 1.54) is 28.3 Å². The topological polar surface area (TPSA) is 42.4 Å². The Bertz CT molecular complexity index is 1100. The van der Waals surface area contributed by atoms with Gasteiger partial charge >= 0.3 is 0 Å². The minimum atomic E-state index is -0.436. The van der Waals surface area contributed by atoms with Gasteiger partial charge in [-0.2, -0.15) is 0 Å². The Labute approximate surface area is 197 Å². The molecule has 2 fully saturated rings. The average Bonchev–Trinajstić information content (AvgIpc) is 3.10. The zero-order chi connectivity index (χ0) is 22.7. The van der Waals surface area contributed by atoms with Gasteiger partial charge in [0.1, 0.15) is 0 Å². The summed E-state index contributed by atoms with van der Waals surface area (Å²) in [6.45, 7) is 5.13. The second-order valence-electron chi connectivity index (χ2n) is 9.87. The number of aryl methyl sites for hydroxylation is 1. The highest BCUT2D eigenvalue weighted by Gasteiger charge is 2.44. The summed E-state index contributed by atoms with van der Waals surface area (Å²) in [5.74, 6) is 0.915. The van der Waals surface area contributed by atoms with Gasteiger partial charge in [-0.25, -0.2) is 0 Å². The van der Waals surface area contributed by atoms with Crippen LogP contribution in [0.3, 0.4) is 0 Å². The van der Waals surface area contributed by atoms with Gasteiger partial charge < -0.3 is 9.64 Å². The molecule has 4 nitrogen and oxygen atoms in total. The number of hydrogen-bond donors (Lipinski definition) is 0. The van der Waals surface area contributed by atoms with Gasteiger partial charge in [-0.15, -0.1) is 0 Å². The summed E-state index contributed by atoms with van der Waals surface area (Å²) in [7, 11) is 0. The van der Waals surface area contributed by atoms with E-state index in [2.05, 4.69) is 65.3 Å². The Balaban J connectivity index is 1.32. The van der Waals surface area contributed by atoms with Crippen LogP contribution in [-0.2, 0) is 21.4 Å². The van der Waals surface area contributed by atoms with E-state index in [4.69, 9.17) is 4.74 Å². The van der Waals surface area contributed by atoms with E-state index in [9.17, 15) is 4.79 Å². The Morgan fingerprint density at radius 3 is 2.70 bits per heavy atom. The lowest BCUT2D eigenvalue weighted by Gasteiger charge is -2.40. The predicted molar refractivity (Wildman–Crippen MR) is 132 cm³/mol. The van der Waals surface area contributed by atoms with Crippen molar-refractivity contribution in [3.63, 3.8) is 0 Å². The molecule has 0 aliphatic carbocycles. The Morgan fingerprint density at radius 2 is 1.88 bits per heavy atom. The highest BCUT2D eigenvalue weighted by Crippen LogP contribution is 2.38. The van der Waals surface area contributed by atoms with E-state index in [1.54, 1.807) is 0 Å². The van der Waals surface area contributed by atoms with Crippen molar-refractivity contribution in [3.8, 4) is 0 Å². The van der Waals surface area contributed by atoms with E-state index in [1.807, 2.05) is 12.4 Å². The number of aromatic nitrogens is 1. The van der Waals surface area contributed by atoms with Crippen molar-refractivity contribution >= 4 is 16.7 Å². The monoisotopic (exact) mass is 442 g/mol. The minimum absolute atomic E-state index is 0.312. The third kappa shape index (κ3) is 4.54. The average molecular weight is 443 g/mol. The molecule has 172 valence electrons. The van der Waals surface area contributed by atoms with Crippen LogP contribution < -0.4 is 0 Å². The van der Waals surface area contributed by atoms with Gasteiger partial charge in [0.25, 0.3) is 0 Å². The van der Waals surface area contributed by atoms with Crippen LogP contribution in [0.4, 0.5) is 0 Å². The first kappa shape index (κ1) is 22.1. The minimum Gasteiger partial charge on any atom is -0.381 e. The highest BCUT2D eigenvalue weighted by molar-refractivity contribution is 5.88. The van der Waals surface area contributed by atoms with Gasteiger partial charge in [-0.05, 0) is 73.9 Å². The van der Waals surface area contributed by atoms with E-state index in [0.717, 1.165) is 50.8 Å². The van der Waals surface area contributed by atoms with Crippen molar-refractivity contribution in [1.29, 1.82) is 0 Å². The molecule has 5 rings (SSSR count). The summed E-state index contributed by atoms with van der Waals surface area (Å²) >= 11 is 0. The molecule has 0 radical (unpaired) electrons. The zero-order valence-corrected chi connectivity index (χ0v) is 19.6. The number of amides is 1. The Morgan fingerprint density at radius 1 is 1.06 bits per heavy atom. The number of rotatable bonds is 4. The zero-order valence-electron chi connectivity index (χ0n) is 19.6. The molecule has 1 amide bonds. The van der Waals surface area contributed by atoms with Crippen LogP contribution in [0.5, 0.6) is 0 Å². The molecule has 4 heteroatoms. The third-order valence-electron chi connectivity index (χ3n) is 7.77. The molecule has 0 spiro atoms. The molecule has 2 aliphatic rings. The predicted octanol–water partition coefficient (Wildman–Crippen LogP) is 5.46.